The molecule has 0 aromatic heterocycles. The van der Waals surface area contributed by atoms with Crippen LogP contribution in [0.5, 0.6) is 0 Å². The van der Waals surface area contributed by atoms with Gasteiger partial charge in [0, 0.05) is 12.6 Å². The Labute approximate surface area is 111 Å². The summed E-state index contributed by atoms with van der Waals surface area (Å²) in [6.45, 7) is 11.2. The number of aryl methyl sites for hydroxylation is 2. The number of rotatable bonds is 6. The molecule has 1 aromatic rings. The molecule has 0 fully saturated rings. The Morgan fingerprint density at radius 1 is 1.06 bits per heavy atom. The minimum atomic E-state index is -0.0772. The van der Waals surface area contributed by atoms with Crippen LogP contribution in [0.4, 0.5) is 4.39 Å². The highest BCUT2D eigenvalue weighted by atomic mass is 19.1. The molecule has 0 saturated heterocycles. The molecular formula is C16H26FN. The molecule has 0 aliphatic rings. The SMILES string of the molecule is Cc1cc(CNC(C)CCC(C)C)cc(C)c1F. The topological polar surface area (TPSA) is 12.0 Å². The highest BCUT2D eigenvalue weighted by molar-refractivity contribution is 5.30. The van der Waals surface area contributed by atoms with Crippen LogP contribution in [0.2, 0.25) is 0 Å². The van der Waals surface area contributed by atoms with E-state index in [0.29, 0.717) is 6.04 Å². The third-order valence-corrected chi connectivity index (χ3v) is 3.33. The van der Waals surface area contributed by atoms with Crippen LogP contribution >= 0.6 is 0 Å². The molecule has 0 radical (unpaired) electrons. The molecule has 1 rings (SSSR count). The molecule has 18 heavy (non-hydrogen) atoms. The summed E-state index contributed by atoms with van der Waals surface area (Å²) in [6.07, 6.45) is 2.44. The minimum absolute atomic E-state index is 0.0772. The Morgan fingerprint density at radius 3 is 2.11 bits per heavy atom. The summed E-state index contributed by atoms with van der Waals surface area (Å²) in [4.78, 5) is 0. The van der Waals surface area contributed by atoms with Crippen LogP contribution in [0.1, 0.15) is 50.3 Å². The summed E-state index contributed by atoms with van der Waals surface area (Å²) in [5.41, 5.74) is 2.64. The second kappa shape index (κ2) is 6.89. The predicted molar refractivity (Wildman–Crippen MR) is 76.2 cm³/mol. The van der Waals surface area contributed by atoms with Gasteiger partial charge in [-0.05, 0) is 56.2 Å². The predicted octanol–water partition coefficient (Wildman–Crippen LogP) is 4.36. The van der Waals surface area contributed by atoms with E-state index in [1.165, 1.54) is 18.4 Å². The van der Waals surface area contributed by atoms with Crippen molar-refractivity contribution in [3.63, 3.8) is 0 Å². The molecule has 0 saturated carbocycles. The van der Waals surface area contributed by atoms with Gasteiger partial charge in [-0.15, -0.1) is 0 Å². The summed E-state index contributed by atoms with van der Waals surface area (Å²) >= 11 is 0. The van der Waals surface area contributed by atoms with Gasteiger partial charge in [-0.1, -0.05) is 26.0 Å². The van der Waals surface area contributed by atoms with Crippen LogP contribution in [0.15, 0.2) is 12.1 Å². The van der Waals surface area contributed by atoms with Gasteiger partial charge < -0.3 is 5.32 Å². The summed E-state index contributed by atoms with van der Waals surface area (Å²) in [5.74, 6) is 0.677. The van der Waals surface area contributed by atoms with E-state index in [4.69, 9.17) is 0 Å². The quantitative estimate of drug-likeness (QED) is 0.792. The van der Waals surface area contributed by atoms with Gasteiger partial charge in [0.15, 0.2) is 0 Å². The molecule has 0 bridgehead atoms. The molecule has 0 heterocycles. The Hall–Kier alpha value is -0.890. The van der Waals surface area contributed by atoms with Crippen LogP contribution in [0.25, 0.3) is 0 Å². The standard InChI is InChI=1S/C16H26FN/c1-11(2)6-7-14(5)18-10-15-8-12(3)16(17)13(4)9-15/h8-9,11,14,18H,6-7,10H2,1-5H3. The number of hydrogen-bond acceptors (Lipinski definition) is 1. The molecule has 0 aliphatic carbocycles. The first-order valence-corrected chi connectivity index (χ1v) is 6.89. The van der Waals surface area contributed by atoms with E-state index >= 15 is 0 Å². The number of nitrogens with one attached hydrogen (secondary N) is 1. The second-order valence-corrected chi connectivity index (χ2v) is 5.80. The molecule has 1 nitrogen and oxygen atoms in total. The lowest BCUT2D eigenvalue weighted by Crippen LogP contribution is -2.25. The summed E-state index contributed by atoms with van der Waals surface area (Å²) in [5, 5.41) is 3.51. The van der Waals surface area contributed by atoms with Crippen molar-refractivity contribution in [3.8, 4) is 0 Å². The molecule has 102 valence electrons. The molecular weight excluding hydrogens is 225 g/mol. The highest BCUT2D eigenvalue weighted by Gasteiger charge is 2.06. The van der Waals surface area contributed by atoms with Gasteiger partial charge in [-0.3, -0.25) is 0 Å². The molecule has 1 unspecified atom stereocenters. The fourth-order valence-corrected chi connectivity index (χ4v) is 2.12. The minimum Gasteiger partial charge on any atom is -0.310 e. The van der Waals surface area contributed by atoms with Gasteiger partial charge in [0.25, 0.3) is 0 Å². The molecule has 0 amide bonds. The Balaban J connectivity index is 2.48. The van der Waals surface area contributed by atoms with Gasteiger partial charge in [-0.25, -0.2) is 4.39 Å². The zero-order valence-electron chi connectivity index (χ0n) is 12.3. The second-order valence-electron chi connectivity index (χ2n) is 5.80. The van der Waals surface area contributed by atoms with Crippen molar-refractivity contribution >= 4 is 0 Å². The van der Waals surface area contributed by atoms with Crippen molar-refractivity contribution in [1.82, 2.24) is 5.32 Å². The average molecular weight is 251 g/mol. The van der Waals surface area contributed by atoms with Crippen molar-refractivity contribution in [2.24, 2.45) is 5.92 Å². The fourth-order valence-electron chi connectivity index (χ4n) is 2.12. The number of hydrogen-bond donors (Lipinski definition) is 1. The van der Waals surface area contributed by atoms with E-state index in [-0.39, 0.29) is 5.82 Å². The van der Waals surface area contributed by atoms with E-state index in [9.17, 15) is 4.39 Å². The van der Waals surface area contributed by atoms with Crippen molar-refractivity contribution in [2.45, 2.75) is 60.0 Å². The maximum absolute atomic E-state index is 13.5. The third-order valence-electron chi connectivity index (χ3n) is 3.33. The lowest BCUT2D eigenvalue weighted by Gasteiger charge is -2.15. The zero-order valence-corrected chi connectivity index (χ0v) is 12.3. The van der Waals surface area contributed by atoms with Gasteiger partial charge in [0.1, 0.15) is 5.82 Å². The van der Waals surface area contributed by atoms with Crippen LogP contribution in [-0.2, 0) is 6.54 Å². The van der Waals surface area contributed by atoms with E-state index in [2.05, 4.69) is 26.1 Å². The Kier molecular flexibility index (Phi) is 5.80. The Morgan fingerprint density at radius 2 is 1.61 bits per heavy atom. The maximum atomic E-state index is 13.5. The summed E-state index contributed by atoms with van der Waals surface area (Å²) in [6, 6.07) is 4.38. The molecule has 1 N–H and O–H groups in total. The van der Waals surface area contributed by atoms with Crippen LogP contribution < -0.4 is 5.32 Å². The monoisotopic (exact) mass is 251 g/mol. The van der Waals surface area contributed by atoms with Gasteiger partial charge in [0.2, 0.25) is 0 Å². The van der Waals surface area contributed by atoms with Gasteiger partial charge >= 0.3 is 0 Å². The first kappa shape index (κ1) is 15.2. The van der Waals surface area contributed by atoms with E-state index < -0.39 is 0 Å². The summed E-state index contributed by atoms with van der Waals surface area (Å²) in [7, 11) is 0. The fraction of sp³-hybridized carbons (Fsp3) is 0.625. The first-order chi connectivity index (χ1) is 8.40. The molecule has 0 spiro atoms. The summed E-state index contributed by atoms with van der Waals surface area (Å²) < 4.78 is 13.5. The van der Waals surface area contributed by atoms with Gasteiger partial charge in [0.05, 0.1) is 0 Å². The number of benzene rings is 1. The van der Waals surface area contributed by atoms with Crippen molar-refractivity contribution in [3.05, 3.63) is 34.6 Å². The van der Waals surface area contributed by atoms with Crippen molar-refractivity contribution in [1.29, 1.82) is 0 Å². The van der Waals surface area contributed by atoms with E-state index in [1.807, 2.05) is 26.0 Å². The van der Waals surface area contributed by atoms with Crippen LogP contribution in [-0.4, -0.2) is 6.04 Å². The lowest BCUT2D eigenvalue weighted by atomic mass is 10.0. The number of halogens is 1. The highest BCUT2D eigenvalue weighted by Crippen LogP contribution is 2.15. The smallest absolute Gasteiger partial charge is 0.129 e. The van der Waals surface area contributed by atoms with Crippen molar-refractivity contribution in [2.75, 3.05) is 0 Å². The molecule has 1 aromatic carbocycles. The van der Waals surface area contributed by atoms with Gasteiger partial charge in [-0.2, -0.15) is 0 Å². The van der Waals surface area contributed by atoms with E-state index in [1.54, 1.807) is 0 Å². The van der Waals surface area contributed by atoms with Crippen LogP contribution in [0, 0.1) is 25.6 Å². The van der Waals surface area contributed by atoms with E-state index in [0.717, 1.165) is 23.6 Å². The molecule has 0 aliphatic heterocycles. The zero-order chi connectivity index (χ0) is 13.7. The maximum Gasteiger partial charge on any atom is 0.129 e. The first-order valence-electron chi connectivity index (χ1n) is 6.89. The largest absolute Gasteiger partial charge is 0.310 e. The average Bonchev–Trinajstić information content (AvgIpc) is 2.30. The lowest BCUT2D eigenvalue weighted by molar-refractivity contribution is 0.450. The molecule has 1 atom stereocenters. The molecule has 2 heteroatoms. The van der Waals surface area contributed by atoms with Crippen LogP contribution in [0.3, 0.4) is 0 Å². The van der Waals surface area contributed by atoms with Crippen molar-refractivity contribution < 1.29 is 4.39 Å². The third kappa shape index (κ3) is 4.77. The normalized spacial score (nSPS) is 13.1. The Bertz CT molecular complexity index is 362.